The van der Waals surface area contributed by atoms with Crippen LogP contribution in [0.3, 0.4) is 0 Å². The predicted octanol–water partition coefficient (Wildman–Crippen LogP) is 2.24. The molecule has 1 heterocycles. The molecule has 0 unspecified atom stereocenters. The van der Waals surface area contributed by atoms with Crippen molar-refractivity contribution >= 4 is 17.6 Å². The number of benzene rings is 2. The number of rotatable bonds is 7. The predicted molar refractivity (Wildman–Crippen MR) is 111 cm³/mol. The van der Waals surface area contributed by atoms with E-state index in [1.807, 2.05) is 30.3 Å². The van der Waals surface area contributed by atoms with Crippen molar-refractivity contribution in [3.8, 4) is 5.75 Å². The Kier molecular flexibility index (Phi) is 7.21. The Bertz CT molecular complexity index is 833. The van der Waals surface area contributed by atoms with E-state index in [9.17, 15) is 9.59 Å². The maximum atomic E-state index is 12.6. The van der Waals surface area contributed by atoms with Gasteiger partial charge in [-0.3, -0.25) is 9.69 Å². The molecule has 7 heteroatoms. The molecule has 2 aromatic carbocycles. The van der Waals surface area contributed by atoms with Gasteiger partial charge in [0.2, 0.25) is 5.91 Å². The lowest BCUT2D eigenvalue weighted by molar-refractivity contribution is -0.117. The summed E-state index contributed by atoms with van der Waals surface area (Å²) in [5.41, 5.74) is 1.83. The number of hydrogen-bond donors (Lipinski definition) is 1. The first-order valence-corrected chi connectivity index (χ1v) is 9.65. The van der Waals surface area contributed by atoms with Crippen LogP contribution < -0.4 is 10.1 Å². The molecule has 0 saturated carbocycles. The molecular weight excluding hydrogens is 370 g/mol. The van der Waals surface area contributed by atoms with Gasteiger partial charge in [0.05, 0.1) is 24.9 Å². The first-order chi connectivity index (χ1) is 14.0. The molecule has 1 fully saturated rings. The lowest BCUT2D eigenvalue weighted by Crippen LogP contribution is -2.47. The van der Waals surface area contributed by atoms with Gasteiger partial charge in [-0.1, -0.05) is 30.3 Å². The van der Waals surface area contributed by atoms with Gasteiger partial charge >= 0.3 is 5.97 Å². The zero-order valence-electron chi connectivity index (χ0n) is 16.9. The summed E-state index contributed by atoms with van der Waals surface area (Å²) < 4.78 is 10.7. The number of nitrogens with one attached hydrogen (secondary N) is 1. The third kappa shape index (κ3) is 6.04. The number of esters is 1. The number of ether oxygens (including phenoxy) is 2. The summed E-state index contributed by atoms with van der Waals surface area (Å²) >= 11 is 0. The van der Waals surface area contributed by atoms with E-state index in [2.05, 4.69) is 22.2 Å². The average Bonchev–Trinajstić information content (AvgIpc) is 2.74. The Labute approximate surface area is 171 Å². The smallest absolute Gasteiger partial charge is 0.337 e. The second-order valence-electron chi connectivity index (χ2n) is 7.10. The van der Waals surface area contributed by atoms with Crippen LogP contribution in [0.5, 0.6) is 5.75 Å². The third-order valence-electron chi connectivity index (χ3n) is 4.88. The molecule has 0 aromatic heterocycles. The van der Waals surface area contributed by atoms with Gasteiger partial charge in [0.15, 0.2) is 0 Å². The molecule has 0 radical (unpaired) electrons. The van der Waals surface area contributed by atoms with Crippen LogP contribution in [0.2, 0.25) is 0 Å². The molecule has 7 nitrogen and oxygen atoms in total. The van der Waals surface area contributed by atoms with E-state index in [1.54, 1.807) is 18.2 Å². The lowest BCUT2D eigenvalue weighted by atomic mass is 10.1. The summed E-state index contributed by atoms with van der Waals surface area (Å²) in [5, 5.41) is 2.90. The minimum atomic E-state index is -0.464. The van der Waals surface area contributed by atoms with Crippen molar-refractivity contribution in [2.24, 2.45) is 0 Å². The second-order valence-corrected chi connectivity index (χ2v) is 7.10. The number of carbonyl (C=O) groups excluding carboxylic acids is 2. The summed E-state index contributed by atoms with van der Waals surface area (Å²) in [6.45, 7) is 4.24. The van der Waals surface area contributed by atoms with Crippen molar-refractivity contribution in [1.29, 1.82) is 0 Å². The van der Waals surface area contributed by atoms with Crippen LogP contribution in [0.25, 0.3) is 0 Å². The van der Waals surface area contributed by atoms with Gasteiger partial charge in [-0.15, -0.1) is 0 Å². The Morgan fingerprint density at radius 1 is 1.03 bits per heavy atom. The van der Waals surface area contributed by atoms with Crippen LogP contribution >= 0.6 is 0 Å². The van der Waals surface area contributed by atoms with Crippen LogP contribution in [0.15, 0.2) is 48.5 Å². The van der Waals surface area contributed by atoms with E-state index in [0.29, 0.717) is 30.2 Å². The minimum absolute atomic E-state index is 0.138. The molecule has 0 atom stereocenters. The Hall–Kier alpha value is -2.90. The topological polar surface area (TPSA) is 71.1 Å². The first kappa shape index (κ1) is 20.8. The Morgan fingerprint density at radius 2 is 1.76 bits per heavy atom. The number of methoxy groups -OCH3 is 1. The lowest BCUT2D eigenvalue weighted by Gasteiger charge is -2.31. The average molecular weight is 397 g/mol. The Morgan fingerprint density at radius 3 is 2.45 bits per heavy atom. The van der Waals surface area contributed by atoms with E-state index in [4.69, 9.17) is 9.47 Å². The highest BCUT2D eigenvalue weighted by Gasteiger charge is 2.18. The van der Waals surface area contributed by atoms with Gasteiger partial charge in [0, 0.05) is 26.2 Å². The van der Waals surface area contributed by atoms with Crippen molar-refractivity contribution < 1.29 is 19.1 Å². The van der Waals surface area contributed by atoms with Crippen LogP contribution in [0, 0.1) is 0 Å². The van der Waals surface area contributed by atoms with Gasteiger partial charge in [-0.05, 0) is 30.8 Å². The largest absolute Gasteiger partial charge is 0.487 e. The summed E-state index contributed by atoms with van der Waals surface area (Å²) in [5.74, 6) is -0.0939. The van der Waals surface area contributed by atoms with Crippen molar-refractivity contribution in [3.63, 3.8) is 0 Å². The molecule has 154 valence electrons. The molecule has 1 N–H and O–H groups in total. The second kappa shape index (κ2) is 10.0. The number of nitrogens with zero attached hydrogens (tertiary/aromatic N) is 2. The van der Waals surface area contributed by atoms with E-state index in [-0.39, 0.29) is 5.91 Å². The minimum Gasteiger partial charge on any atom is -0.487 e. The number of likely N-dealkylation sites (N-methyl/N-ethyl adjacent to an activating group) is 1. The van der Waals surface area contributed by atoms with Crippen LogP contribution in [0.1, 0.15) is 15.9 Å². The molecule has 0 spiro atoms. The molecule has 1 aliphatic rings. The fourth-order valence-electron chi connectivity index (χ4n) is 3.13. The molecule has 0 aliphatic carbocycles. The van der Waals surface area contributed by atoms with Crippen LogP contribution in [0.4, 0.5) is 5.69 Å². The quantitative estimate of drug-likeness (QED) is 0.723. The molecule has 2 aromatic rings. The summed E-state index contributed by atoms with van der Waals surface area (Å²) in [6.07, 6.45) is 0. The maximum Gasteiger partial charge on any atom is 0.337 e. The van der Waals surface area contributed by atoms with E-state index < -0.39 is 5.97 Å². The first-order valence-electron chi connectivity index (χ1n) is 9.65. The van der Waals surface area contributed by atoms with Gasteiger partial charge in [-0.2, -0.15) is 0 Å². The molecular formula is C22H27N3O4. The van der Waals surface area contributed by atoms with Crippen LogP contribution in [-0.4, -0.2) is 68.6 Å². The van der Waals surface area contributed by atoms with E-state index in [1.165, 1.54) is 7.11 Å². The van der Waals surface area contributed by atoms with Crippen molar-refractivity contribution in [1.82, 2.24) is 9.80 Å². The van der Waals surface area contributed by atoms with Gasteiger partial charge in [-0.25, -0.2) is 4.79 Å². The van der Waals surface area contributed by atoms with Crippen molar-refractivity contribution in [2.45, 2.75) is 6.61 Å². The number of carbonyl (C=O) groups is 2. The molecule has 3 rings (SSSR count). The third-order valence-corrected chi connectivity index (χ3v) is 4.88. The number of hydrogen-bond acceptors (Lipinski definition) is 6. The van der Waals surface area contributed by atoms with Gasteiger partial charge in [0.1, 0.15) is 12.4 Å². The highest BCUT2D eigenvalue weighted by molar-refractivity contribution is 5.96. The molecule has 0 bridgehead atoms. The molecule has 1 saturated heterocycles. The summed E-state index contributed by atoms with van der Waals surface area (Å²) in [6, 6.07) is 14.7. The normalized spacial score (nSPS) is 15.0. The SMILES string of the molecule is COC(=O)c1ccc(OCc2ccccc2)c(NC(=O)CN2CCN(C)CC2)c1. The highest BCUT2D eigenvalue weighted by atomic mass is 16.5. The zero-order valence-corrected chi connectivity index (χ0v) is 16.9. The standard InChI is InChI=1S/C22H27N3O4/c1-24-10-12-25(13-11-24)15-21(26)23-19-14-18(22(27)28-2)8-9-20(19)29-16-17-6-4-3-5-7-17/h3-9,14H,10-13,15-16H2,1-2H3,(H,23,26). The number of amides is 1. The summed E-state index contributed by atoms with van der Waals surface area (Å²) in [7, 11) is 3.40. The van der Waals surface area contributed by atoms with Gasteiger partial charge in [0.25, 0.3) is 0 Å². The monoisotopic (exact) mass is 397 g/mol. The van der Waals surface area contributed by atoms with Gasteiger partial charge < -0.3 is 19.7 Å². The molecule has 1 amide bonds. The summed E-state index contributed by atoms with van der Waals surface area (Å²) in [4.78, 5) is 28.9. The Balaban J connectivity index is 1.70. The maximum absolute atomic E-state index is 12.6. The molecule has 29 heavy (non-hydrogen) atoms. The fraction of sp³-hybridized carbons (Fsp3) is 0.364. The van der Waals surface area contributed by atoms with Crippen molar-refractivity contribution in [2.75, 3.05) is 52.2 Å². The number of anilines is 1. The highest BCUT2D eigenvalue weighted by Crippen LogP contribution is 2.27. The fourth-order valence-corrected chi connectivity index (χ4v) is 3.13. The van der Waals surface area contributed by atoms with Crippen molar-refractivity contribution in [3.05, 3.63) is 59.7 Å². The van der Waals surface area contributed by atoms with Crippen LogP contribution in [-0.2, 0) is 16.1 Å². The molecule has 1 aliphatic heterocycles. The van der Waals surface area contributed by atoms with E-state index in [0.717, 1.165) is 31.7 Å². The zero-order chi connectivity index (χ0) is 20.6. The number of piperazine rings is 1. The van der Waals surface area contributed by atoms with E-state index >= 15 is 0 Å².